The molecule has 0 aliphatic heterocycles. The normalized spacial score (nSPS) is 13.3. The van der Waals surface area contributed by atoms with Gasteiger partial charge in [-0.3, -0.25) is 24.8 Å². The summed E-state index contributed by atoms with van der Waals surface area (Å²) in [7, 11) is 0. The molecule has 1 aliphatic rings. The molecular weight excluding hydrogens is 452 g/mol. The van der Waals surface area contributed by atoms with E-state index >= 15 is 0 Å². The van der Waals surface area contributed by atoms with Gasteiger partial charge in [0.15, 0.2) is 5.65 Å². The molecule has 0 atom stereocenters. The molecule has 6 heterocycles. The summed E-state index contributed by atoms with van der Waals surface area (Å²) < 4.78 is 0. The Hall–Kier alpha value is -4.92. The number of fused-ring (bicyclic) bond motifs is 2. The summed E-state index contributed by atoms with van der Waals surface area (Å²) >= 11 is 0. The van der Waals surface area contributed by atoms with E-state index in [1.165, 1.54) is 0 Å². The van der Waals surface area contributed by atoms with Gasteiger partial charge in [-0.1, -0.05) is 6.07 Å². The maximum atomic E-state index is 12.2. The quantitative estimate of drug-likeness (QED) is 0.325. The molecule has 0 radical (unpaired) electrons. The molecule has 0 saturated heterocycles. The van der Waals surface area contributed by atoms with Crippen molar-refractivity contribution in [1.82, 2.24) is 35.1 Å². The van der Waals surface area contributed by atoms with Crippen LogP contribution in [0.1, 0.15) is 12.8 Å². The number of H-pyrrole nitrogens is 2. The molecule has 6 aromatic heterocycles. The molecular formula is C27H20N8O. The molecule has 0 unspecified atom stereocenters. The lowest BCUT2D eigenvalue weighted by atomic mass is 10.1. The smallest absolute Gasteiger partial charge is 0.227 e. The first-order chi connectivity index (χ1) is 17.7. The van der Waals surface area contributed by atoms with E-state index in [0.717, 1.165) is 63.0 Å². The first kappa shape index (κ1) is 20.5. The molecule has 0 bridgehead atoms. The summed E-state index contributed by atoms with van der Waals surface area (Å²) in [5, 5.41) is 12.4. The summed E-state index contributed by atoms with van der Waals surface area (Å²) in [6.45, 7) is 0. The van der Waals surface area contributed by atoms with Crippen LogP contribution >= 0.6 is 0 Å². The van der Waals surface area contributed by atoms with Crippen molar-refractivity contribution < 1.29 is 4.79 Å². The molecule has 1 aliphatic carbocycles. The highest BCUT2D eigenvalue weighted by Crippen LogP contribution is 2.34. The molecule has 0 aromatic carbocycles. The first-order valence-corrected chi connectivity index (χ1v) is 11.7. The number of carbonyl (C=O) groups excluding carboxylic acids is 1. The molecule has 36 heavy (non-hydrogen) atoms. The molecule has 9 heteroatoms. The molecule has 1 fully saturated rings. The molecule has 7 rings (SSSR count). The van der Waals surface area contributed by atoms with Crippen molar-refractivity contribution in [2.24, 2.45) is 5.92 Å². The van der Waals surface area contributed by atoms with Gasteiger partial charge in [0.2, 0.25) is 5.91 Å². The van der Waals surface area contributed by atoms with E-state index in [1.807, 2.05) is 42.5 Å². The Balaban J connectivity index is 1.28. The van der Waals surface area contributed by atoms with Crippen molar-refractivity contribution in [1.29, 1.82) is 0 Å². The fourth-order valence-corrected chi connectivity index (χ4v) is 4.41. The van der Waals surface area contributed by atoms with Crippen LogP contribution in [0.3, 0.4) is 0 Å². The number of aromatic amines is 2. The summed E-state index contributed by atoms with van der Waals surface area (Å²) in [4.78, 5) is 33.6. The third kappa shape index (κ3) is 3.58. The molecule has 1 saturated carbocycles. The van der Waals surface area contributed by atoms with E-state index in [9.17, 15) is 4.79 Å². The van der Waals surface area contributed by atoms with E-state index in [4.69, 9.17) is 0 Å². The lowest BCUT2D eigenvalue weighted by Gasteiger charge is -2.07. The van der Waals surface area contributed by atoms with Gasteiger partial charge in [0.05, 0.1) is 29.0 Å². The number of amides is 1. The second-order valence-corrected chi connectivity index (χ2v) is 8.94. The Labute approximate surface area is 205 Å². The van der Waals surface area contributed by atoms with Gasteiger partial charge < -0.3 is 10.3 Å². The maximum Gasteiger partial charge on any atom is 0.227 e. The summed E-state index contributed by atoms with van der Waals surface area (Å²) in [5.41, 5.74) is 7.29. The van der Waals surface area contributed by atoms with Gasteiger partial charge in [-0.2, -0.15) is 5.10 Å². The first-order valence-electron chi connectivity index (χ1n) is 11.7. The van der Waals surface area contributed by atoms with Crippen LogP contribution in [0.2, 0.25) is 0 Å². The monoisotopic (exact) mass is 472 g/mol. The Morgan fingerprint density at radius 3 is 2.67 bits per heavy atom. The minimum Gasteiger partial charge on any atom is -0.353 e. The highest BCUT2D eigenvalue weighted by molar-refractivity contribution is 6.00. The lowest BCUT2D eigenvalue weighted by Crippen LogP contribution is -2.13. The number of hydrogen-bond acceptors (Lipinski definition) is 6. The van der Waals surface area contributed by atoms with Crippen LogP contribution in [0.15, 0.2) is 73.4 Å². The largest absolute Gasteiger partial charge is 0.353 e. The van der Waals surface area contributed by atoms with E-state index in [2.05, 4.69) is 40.4 Å². The van der Waals surface area contributed by atoms with E-state index in [1.54, 1.807) is 31.0 Å². The highest BCUT2D eigenvalue weighted by Gasteiger charge is 2.29. The van der Waals surface area contributed by atoms with Crippen LogP contribution in [0.4, 0.5) is 5.69 Å². The zero-order valence-electron chi connectivity index (χ0n) is 19.1. The fraction of sp³-hybridized carbons (Fsp3) is 0.111. The number of aromatic nitrogens is 7. The molecule has 174 valence electrons. The van der Waals surface area contributed by atoms with Crippen molar-refractivity contribution in [3.05, 3.63) is 73.4 Å². The Bertz CT molecular complexity index is 1750. The standard InChI is InChI=1S/C27H20N8O/c36-27(15-4-5-15)32-18-9-16(12-28-14-18)17-10-20-25(34-35-26(20)31-13-17)23-11-19-21(33-23)6-8-30-24(19)22-3-1-2-7-29-22/h1-3,6-15,33H,4-5H2,(H,32,36)(H,31,34,35). The van der Waals surface area contributed by atoms with Crippen LogP contribution in [0, 0.1) is 5.92 Å². The number of anilines is 1. The van der Waals surface area contributed by atoms with E-state index < -0.39 is 0 Å². The second-order valence-electron chi connectivity index (χ2n) is 8.94. The molecule has 0 spiro atoms. The Morgan fingerprint density at radius 1 is 0.889 bits per heavy atom. The second kappa shape index (κ2) is 8.09. The summed E-state index contributed by atoms with van der Waals surface area (Å²) in [6, 6.07) is 13.7. The van der Waals surface area contributed by atoms with Gasteiger partial charge in [0.25, 0.3) is 0 Å². The van der Waals surface area contributed by atoms with Gasteiger partial charge in [0, 0.05) is 58.1 Å². The minimum atomic E-state index is 0.0537. The number of hydrogen-bond donors (Lipinski definition) is 3. The van der Waals surface area contributed by atoms with Crippen LogP contribution in [0.25, 0.3) is 55.8 Å². The summed E-state index contributed by atoms with van der Waals surface area (Å²) in [6.07, 6.45) is 10.7. The number of pyridine rings is 4. The summed E-state index contributed by atoms with van der Waals surface area (Å²) in [5.74, 6) is 0.183. The minimum absolute atomic E-state index is 0.0537. The molecule has 9 nitrogen and oxygen atoms in total. The van der Waals surface area contributed by atoms with E-state index in [-0.39, 0.29) is 11.8 Å². The van der Waals surface area contributed by atoms with Crippen molar-refractivity contribution in [3.8, 4) is 33.9 Å². The highest BCUT2D eigenvalue weighted by atomic mass is 16.2. The van der Waals surface area contributed by atoms with Gasteiger partial charge in [0.1, 0.15) is 5.69 Å². The number of nitrogens with zero attached hydrogens (tertiary/aromatic N) is 5. The van der Waals surface area contributed by atoms with Crippen LogP contribution in [-0.2, 0) is 4.79 Å². The Morgan fingerprint density at radius 2 is 1.81 bits per heavy atom. The van der Waals surface area contributed by atoms with Crippen LogP contribution < -0.4 is 5.32 Å². The zero-order chi connectivity index (χ0) is 24.1. The zero-order valence-corrected chi connectivity index (χ0v) is 19.1. The van der Waals surface area contributed by atoms with Gasteiger partial charge in [-0.05, 0) is 49.2 Å². The average Bonchev–Trinajstić information content (AvgIpc) is 3.55. The average molecular weight is 473 g/mol. The topological polar surface area (TPSA) is 125 Å². The van der Waals surface area contributed by atoms with Gasteiger partial charge in [-0.25, -0.2) is 4.98 Å². The van der Waals surface area contributed by atoms with Crippen molar-refractivity contribution in [2.75, 3.05) is 5.32 Å². The van der Waals surface area contributed by atoms with Crippen LogP contribution in [0.5, 0.6) is 0 Å². The van der Waals surface area contributed by atoms with Crippen molar-refractivity contribution in [2.45, 2.75) is 12.8 Å². The SMILES string of the molecule is O=C(Nc1cncc(-c2cnc3[nH]nc(-c4cc5c(-c6ccccn6)nccc5[nH]4)c3c2)c1)C1CC1. The maximum absolute atomic E-state index is 12.2. The van der Waals surface area contributed by atoms with Crippen LogP contribution in [-0.4, -0.2) is 41.0 Å². The third-order valence-electron chi connectivity index (χ3n) is 6.41. The van der Waals surface area contributed by atoms with Crippen molar-refractivity contribution >= 4 is 33.5 Å². The molecule has 1 amide bonds. The molecule has 6 aromatic rings. The molecule has 3 N–H and O–H groups in total. The van der Waals surface area contributed by atoms with Crippen molar-refractivity contribution in [3.63, 3.8) is 0 Å². The van der Waals surface area contributed by atoms with Gasteiger partial charge in [-0.15, -0.1) is 0 Å². The number of nitrogens with one attached hydrogen (secondary N) is 3. The number of rotatable bonds is 5. The Kier molecular flexibility index (Phi) is 4.60. The fourth-order valence-electron chi connectivity index (χ4n) is 4.41. The predicted octanol–water partition coefficient (Wildman–Crippen LogP) is 4.97. The number of carbonyl (C=O) groups is 1. The van der Waals surface area contributed by atoms with E-state index in [0.29, 0.717) is 11.3 Å². The third-order valence-corrected chi connectivity index (χ3v) is 6.41. The van der Waals surface area contributed by atoms with Gasteiger partial charge >= 0.3 is 0 Å². The predicted molar refractivity (Wildman–Crippen MR) is 137 cm³/mol. The lowest BCUT2D eigenvalue weighted by molar-refractivity contribution is -0.117.